The van der Waals surface area contributed by atoms with E-state index in [1.165, 1.54) is 27.3 Å². The van der Waals surface area contributed by atoms with Crippen LogP contribution in [0.4, 0.5) is 11.4 Å². The van der Waals surface area contributed by atoms with Crippen molar-refractivity contribution in [1.29, 1.82) is 0 Å². The molecule has 8 heteroatoms. The fourth-order valence-electron chi connectivity index (χ4n) is 2.20. The normalized spacial score (nSPS) is 10.9. The van der Waals surface area contributed by atoms with Gasteiger partial charge in [0.1, 0.15) is 11.5 Å². The molecular weight excluding hydrogens is 344 g/mol. The van der Waals surface area contributed by atoms with E-state index in [9.17, 15) is 13.2 Å². The van der Waals surface area contributed by atoms with Gasteiger partial charge in [-0.3, -0.25) is 9.10 Å². The highest BCUT2D eigenvalue weighted by Gasteiger charge is 2.19. The van der Waals surface area contributed by atoms with Crippen molar-refractivity contribution in [3.05, 3.63) is 48.0 Å². The predicted octanol–water partition coefficient (Wildman–Crippen LogP) is 2.35. The maximum absolute atomic E-state index is 12.7. The lowest BCUT2D eigenvalue weighted by Gasteiger charge is -2.19. The minimum Gasteiger partial charge on any atom is -0.496 e. The maximum Gasteiger partial charge on any atom is 0.259 e. The predicted molar refractivity (Wildman–Crippen MR) is 97.2 cm³/mol. The molecule has 1 amide bonds. The number of sulfonamides is 1. The van der Waals surface area contributed by atoms with E-state index in [4.69, 9.17) is 9.47 Å². The second-order valence-electron chi connectivity index (χ2n) is 5.27. The van der Waals surface area contributed by atoms with E-state index in [1.807, 2.05) is 0 Å². The van der Waals surface area contributed by atoms with E-state index in [2.05, 4.69) is 5.32 Å². The molecule has 0 saturated heterocycles. The van der Waals surface area contributed by atoms with Gasteiger partial charge in [-0.15, -0.1) is 0 Å². The molecule has 0 atom stereocenters. The van der Waals surface area contributed by atoms with Crippen LogP contribution in [-0.4, -0.2) is 41.8 Å². The number of hydrogen-bond donors (Lipinski definition) is 1. The van der Waals surface area contributed by atoms with Crippen LogP contribution in [0.25, 0.3) is 0 Å². The van der Waals surface area contributed by atoms with Gasteiger partial charge in [-0.05, 0) is 30.3 Å². The third-order valence-corrected chi connectivity index (χ3v) is 4.85. The average molecular weight is 364 g/mol. The summed E-state index contributed by atoms with van der Waals surface area (Å²) in [5.74, 6) is 0.405. The van der Waals surface area contributed by atoms with Crippen molar-refractivity contribution in [2.45, 2.75) is 0 Å². The van der Waals surface area contributed by atoms with Crippen LogP contribution in [0.3, 0.4) is 0 Å². The standard InChI is InChI=1S/C17H20N2O5S/c1-19(25(4,21)22)12-9-10-15(23-2)13(11-12)17(20)18-14-7-5-6-8-16(14)24-3/h5-11H,1-4H3,(H,18,20). The highest BCUT2D eigenvalue weighted by atomic mass is 32.2. The number of para-hydroxylation sites is 2. The molecule has 2 aromatic carbocycles. The van der Waals surface area contributed by atoms with Gasteiger partial charge in [0.15, 0.2) is 0 Å². The van der Waals surface area contributed by atoms with Gasteiger partial charge in [0, 0.05) is 7.05 Å². The Bertz CT molecular complexity index is 880. The van der Waals surface area contributed by atoms with Gasteiger partial charge in [-0.25, -0.2) is 8.42 Å². The van der Waals surface area contributed by atoms with Crippen molar-refractivity contribution in [2.24, 2.45) is 0 Å². The average Bonchev–Trinajstić information content (AvgIpc) is 2.60. The second-order valence-corrected chi connectivity index (χ2v) is 7.28. The number of carbonyl (C=O) groups excluding carboxylic acids is 1. The van der Waals surface area contributed by atoms with Crippen LogP contribution in [0.5, 0.6) is 11.5 Å². The Morgan fingerprint density at radius 2 is 1.68 bits per heavy atom. The smallest absolute Gasteiger partial charge is 0.259 e. The van der Waals surface area contributed by atoms with Gasteiger partial charge in [-0.1, -0.05) is 12.1 Å². The lowest BCUT2D eigenvalue weighted by Crippen LogP contribution is -2.25. The molecule has 0 radical (unpaired) electrons. The molecule has 2 rings (SSSR count). The molecule has 0 heterocycles. The van der Waals surface area contributed by atoms with E-state index in [0.717, 1.165) is 10.6 Å². The number of ether oxygens (including phenoxy) is 2. The minimum absolute atomic E-state index is 0.210. The zero-order valence-electron chi connectivity index (χ0n) is 14.4. The lowest BCUT2D eigenvalue weighted by molar-refractivity contribution is 0.102. The summed E-state index contributed by atoms with van der Waals surface area (Å²) in [5.41, 5.74) is 1.06. The van der Waals surface area contributed by atoms with Crippen LogP contribution in [0, 0.1) is 0 Å². The topological polar surface area (TPSA) is 84.9 Å². The highest BCUT2D eigenvalue weighted by molar-refractivity contribution is 7.92. The van der Waals surface area contributed by atoms with Crippen molar-refractivity contribution < 1.29 is 22.7 Å². The molecule has 0 aliphatic heterocycles. The molecule has 0 saturated carbocycles. The number of amides is 1. The Morgan fingerprint density at radius 1 is 1.04 bits per heavy atom. The van der Waals surface area contributed by atoms with Crippen molar-refractivity contribution in [2.75, 3.05) is 37.1 Å². The van der Waals surface area contributed by atoms with Gasteiger partial charge in [0.25, 0.3) is 5.91 Å². The van der Waals surface area contributed by atoms with E-state index < -0.39 is 15.9 Å². The lowest BCUT2D eigenvalue weighted by atomic mass is 10.1. The number of carbonyl (C=O) groups is 1. The summed E-state index contributed by atoms with van der Waals surface area (Å²) in [4.78, 5) is 12.7. The maximum atomic E-state index is 12.7. The molecule has 0 aliphatic rings. The second kappa shape index (κ2) is 7.43. The highest BCUT2D eigenvalue weighted by Crippen LogP contribution is 2.28. The zero-order valence-corrected chi connectivity index (χ0v) is 15.3. The van der Waals surface area contributed by atoms with E-state index >= 15 is 0 Å². The minimum atomic E-state index is -3.45. The summed E-state index contributed by atoms with van der Waals surface area (Å²) in [6.45, 7) is 0. The molecular formula is C17H20N2O5S. The molecule has 0 fully saturated rings. The summed E-state index contributed by atoms with van der Waals surface area (Å²) in [6, 6.07) is 11.6. The van der Waals surface area contributed by atoms with Crippen molar-refractivity contribution in [1.82, 2.24) is 0 Å². The molecule has 1 N–H and O–H groups in total. The Hall–Kier alpha value is -2.74. The largest absolute Gasteiger partial charge is 0.496 e. The summed E-state index contributed by atoms with van der Waals surface area (Å²) in [7, 11) is 0.916. The van der Waals surface area contributed by atoms with Crippen molar-refractivity contribution in [3.8, 4) is 11.5 Å². The fraction of sp³-hybridized carbons (Fsp3) is 0.235. The van der Waals surface area contributed by atoms with Crippen LogP contribution in [0.1, 0.15) is 10.4 Å². The SMILES string of the molecule is COc1ccccc1NC(=O)c1cc(N(C)S(C)(=O)=O)ccc1OC. The Balaban J connectivity index is 2.41. The fourth-order valence-corrected chi connectivity index (χ4v) is 2.69. The molecule has 0 spiro atoms. The number of nitrogens with zero attached hydrogens (tertiary/aromatic N) is 1. The van der Waals surface area contributed by atoms with Gasteiger partial charge >= 0.3 is 0 Å². The van der Waals surface area contributed by atoms with Crippen LogP contribution >= 0.6 is 0 Å². The summed E-state index contributed by atoms with van der Waals surface area (Å²) in [6.07, 6.45) is 1.09. The molecule has 0 unspecified atom stereocenters. The molecule has 2 aromatic rings. The summed E-state index contributed by atoms with van der Waals surface area (Å²) >= 11 is 0. The molecule has 7 nitrogen and oxygen atoms in total. The van der Waals surface area contributed by atoms with E-state index in [-0.39, 0.29) is 5.56 Å². The van der Waals surface area contributed by atoms with Gasteiger partial charge in [-0.2, -0.15) is 0 Å². The summed E-state index contributed by atoms with van der Waals surface area (Å²) in [5, 5.41) is 2.75. The Kier molecular flexibility index (Phi) is 5.53. The third-order valence-electron chi connectivity index (χ3n) is 3.64. The van der Waals surface area contributed by atoms with Crippen LogP contribution < -0.4 is 19.1 Å². The number of rotatable bonds is 6. The Labute approximate surface area is 147 Å². The summed E-state index contributed by atoms with van der Waals surface area (Å²) < 4.78 is 35.0. The van der Waals surface area contributed by atoms with Crippen LogP contribution in [-0.2, 0) is 10.0 Å². The number of benzene rings is 2. The third kappa shape index (κ3) is 4.21. The van der Waals surface area contributed by atoms with Gasteiger partial charge in [0.2, 0.25) is 10.0 Å². The first-order chi connectivity index (χ1) is 11.8. The van der Waals surface area contributed by atoms with Crippen LogP contribution in [0.2, 0.25) is 0 Å². The van der Waals surface area contributed by atoms with Crippen LogP contribution in [0.15, 0.2) is 42.5 Å². The molecule has 0 aromatic heterocycles. The van der Waals surface area contributed by atoms with Gasteiger partial charge in [0.05, 0.1) is 37.4 Å². The number of methoxy groups -OCH3 is 2. The molecule has 0 aliphatic carbocycles. The number of hydrogen-bond acceptors (Lipinski definition) is 5. The first-order valence-corrected chi connectivity index (χ1v) is 9.19. The first-order valence-electron chi connectivity index (χ1n) is 7.34. The Morgan fingerprint density at radius 3 is 2.28 bits per heavy atom. The van der Waals surface area contributed by atoms with Crippen molar-refractivity contribution >= 4 is 27.3 Å². The zero-order chi connectivity index (χ0) is 18.6. The monoisotopic (exact) mass is 364 g/mol. The van der Waals surface area contributed by atoms with E-state index in [1.54, 1.807) is 36.4 Å². The molecule has 25 heavy (non-hydrogen) atoms. The quantitative estimate of drug-likeness (QED) is 0.850. The molecule has 0 bridgehead atoms. The van der Waals surface area contributed by atoms with Gasteiger partial charge < -0.3 is 14.8 Å². The van der Waals surface area contributed by atoms with E-state index in [0.29, 0.717) is 22.9 Å². The van der Waals surface area contributed by atoms with Crippen molar-refractivity contribution in [3.63, 3.8) is 0 Å². The molecule has 134 valence electrons. The first kappa shape index (κ1) is 18.6. The number of nitrogens with one attached hydrogen (secondary N) is 1. The number of anilines is 2.